The number of anilines is 1. The Kier molecular flexibility index (Phi) is 7.46. The van der Waals surface area contributed by atoms with Gasteiger partial charge in [-0.2, -0.15) is 4.98 Å². The second-order valence-electron chi connectivity index (χ2n) is 8.02. The number of methoxy groups -OCH3 is 1. The largest absolute Gasteiger partial charge is 0.545 e. The molecule has 0 unspecified atom stereocenters. The number of fused-ring (bicyclic) bond motifs is 1. The molecule has 0 saturated carbocycles. The maximum absolute atomic E-state index is 12.5. The van der Waals surface area contributed by atoms with Gasteiger partial charge in [0.25, 0.3) is 0 Å². The third kappa shape index (κ3) is 5.05. The second-order valence-corrected chi connectivity index (χ2v) is 8.41. The van der Waals surface area contributed by atoms with E-state index in [-0.39, 0.29) is 17.3 Å². The normalized spacial score (nSPS) is 14.9. The highest BCUT2D eigenvalue weighted by atomic mass is 32.1. The molecule has 0 aliphatic carbocycles. The number of thiocarbonyl (C=S) groups is 1. The van der Waals surface area contributed by atoms with Gasteiger partial charge in [0.1, 0.15) is 11.7 Å². The van der Waals surface area contributed by atoms with Crippen LogP contribution in [0.3, 0.4) is 0 Å². The SMILES string of the molecule is CCn1cc(C(=O)[O-])c(=O)c2cnc(N3CCN(C(=S)N[C@@H](C(=O)OC)C(C)C)CC3)nc21. The van der Waals surface area contributed by atoms with E-state index in [1.54, 1.807) is 4.57 Å². The molecule has 1 atom stereocenters. The molecule has 0 radical (unpaired) electrons. The molecule has 1 aliphatic rings. The standard InChI is InChI=1S/C21H28N6O5S/c1-5-25-11-14(18(29)30)16(28)13-10-22-20(24-17(13)25)26-6-8-27(9-7-26)21(33)23-15(12(2)3)19(31)32-4/h10-12,15H,5-9H2,1-4H3,(H,23,33)(H,29,30)/p-1/t15-/m1/s1. The van der Waals surface area contributed by atoms with Crippen molar-refractivity contribution >= 4 is 46.3 Å². The van der Waals surface area contributed by atoms with Gasteiger partial charge in [0.15, 0.2) is 5.11 Å². The van der Waals surface area contributed by atoms with Gasteiger partial charge in [-0.25, -0.2) is 9.78 Å². The van der Waals surface area contributed by atoms with E-state index in [1.807, 2.05) is 30.6 Å². The van der Waals surface area contributed by atoms with Gasteiger partial charge < -0.3 is 34.3 Å². The van der Waals surface area contributed by atoms with Gasteiger partial charge in [0.05, 0.1) is 24.0 Å². The van der Waals surface area contributed by atoms with Crippen molar-refractivity contribution in [3.05, 3.63) is 28.2 Å². The number of piperazine rings is 1. The van der Waals surface area contributed by atoms with Crippen molar-refractivity contribution < 1.29 is 19.4 Å². The van der Waals surface area contributed by atoms with Crippen molar-refractivity contribution in [2.45, 2.75) is 33.4 Å². The molecule has 33 heavy (non-hydrogen) atoms. The fourth-order valence-electron chi connectivity index (χ4n) is 3.66. The van der Waals surface area contributed by atoms with Crippen LogP contribution in [-0.2, 0) is 16.1 Å². The molecule has 1 N–H and O–H groups in total. The van der Waals surface area contributed by atoms with Gasteiger partial charge in [0, 0.05) is 45.1 Å². The number of carbonyl (C=O) groups excluding carboxylic acids is 2. The van der Waals surface area contributed by atoms with Crippen LogP contribution in [0.25, 0.3) is 11.0 Å². The number of carbonyl (C=O) groups is 2. The van der Waals surface area contributed by atoms with Crippen molar-refractivity contribution in [2.24, 2.45) is 5.92 Å². The van der Waals surface area contributed by atoms with Crippen LogP contribution in [0.2, 0.25) is 0 Å². The molecule has 1 saturated heterocycles. The van der Waals surface area contributed by atoms with Crippen molar-refractivity contribution in [2.75, 3.05) is 38.2 Å². The van der Waals surface area contributed by atoms with Crippen molar-refractivity contribution in [3.63, 3.8) is 0 Å². The highest BCUT2D eigenvalue weighted by Gasteiger charge is 2.27. The lowest BCUT2D eigenvalue weighted by Gasteiger charge is -2.37. The van der Waals surface area contributed by atoms with E-state index in [2.05, 4.69) is 15.3 Å². The van der Waals surface area contributed by atoms with Crippen LogP contribution in [0.5, 0.6) is 0 Å². The van der Waals surface area contributed by atoms with Crippen molar-refractivity contribution in [1.29, 1.82) is 0 Å². The molecule has 0 aromatic carbocycles. The minimum absolute atomic E-state index is 0.0104. The third-order valence-electron chi connectivity index (χ3n) is 5.61. The monoisotopic (exact) mass is 475 g/mol. The zero-order valence-corrected chi connectivity index (χ0v) is 19.8. The number of rotatable bonds is 6. The summed E-state index contributed by atoms with van der Waals surface area (Å²) in [4.78, 5) is 48.5. The van der Waals surface area contributed by atoms with E-state index < -0.39 is 23.0 Å². The average molecular weight is 476 g/mol. The first kappa shape index (κ1) is 24.4. The van der Waals surface area contributed by atoms with Gasteiger partial charge in [0.2, 0.25) is 11.4 Å². The van der Waals surface area contributed by atoms with Crippen LogP contribution in [0.4, 0.5) is 5.95 Å². The molecule has 3 rings (SSSR count). The first-order chi connectivity index (χ1) is 15.7. The summed E-state index contributed by atoms with van der Waals surface area (Å²) >= 11 is 5.50. The predicted octanol–water partition coefficient (Wildman–Crippen LogP) is -0.631. The molecule has 2 aromatic heterocycles. The van der Waals surface area contributed by atoms with Gasteiger partial charge in [-0.15, -0.1) is 0 Å². The molecule has 0 amide bonds. The first-order valence-corrected chi connectivity index (χ1v) is 11.1. The minimum Gasteiger partial charge on any atom is -0.545 e. The van der Waals surface area contributed by atoms with E-state index in [4.69, 9.17) is 17.0 Å². The highest BCUT2D eigenvalue weighted by Crippen LogP contribution is 2.16. The van der Waals surface area contributed by atoms with E-state index in [0.29, 0.717) is 49.4 Å². The topological polar surface area (TPSA) is 133 Å². The lowest BCUT2D eigenvalue weighted by atomic mass is 10.1. The third-order valence-corrected chi connectivity index (χ3v) is 5.99. The molecular weight excluding hydrogens is 448 g/mol. The van der Waals surface area contributed by atoms with E-state index >= 15 is 0 Å². The summed E-state index contributed by atoms with van der Waals surface area (Å²) in [7, 11) is 1.35. The van der Waals surface area contributed by atoms with Gasteiger partial charge in [-0.3, -0.25) is 4.79 Å². The number of nitrogens with one attached hydrogen (secondary N) is 1. The zero-order valence-electron chi connectivity index (χ0n) is 19.0. The average Bonchev–Trinajstić information content (AvgIpc) is 2.81. The van der Waals surface area contributed by atoms with Crippen LogP contribution >= 0.6 is 12.2 Å². The van der Waals surface area contributed by atoms with Crippen molar-refractivity contribution in [1.82, 2.24) is 24.8 Å². The van der Waals surface area contributed by atoms with Crippen LogP contribution in [-0.4, -0.2) is 75.8 Å². The summed E-state index contributed by atoms with van der Waals surface area (Å²) in [6.07, 6.45) is 2.62. The summed E-state index contributed by atoms with van der Waals surface area (Å²) in [6, 6.07) is -0.527. The van der Waals surface area contributed by atoms with Crippen LogP contribution < -0.4 is 20.8 Å². The van der Waals surface area contributed by atoms with Gasteiger partial charge in [-0.1, -0.05) is 13.8 Å². The molecule has 1 fully saturated rings. The Balaban J connectivity index is 1.75. The molecule has 0 bridgehead atoms. The zero-order chi connectivity index (χ0) is 24.3. The summed E-state index contributed by atoms with van der Waals surface area (Å²) in [5.74, 6) is -1.44. The number of aromatic nitrogens is 3. The number of hydrogen-bond acceptors (Lipinski definition) is 9. The highest BCUT2D eigenvalue weighted by molar-refractivity contribution is 7.80. The Morgan fingerprint density at radius 3 is 2.48 bits per heavy atom. The fourth-order valence-corrected chi connectivity index (χ4v) is 3.97. The summed E-state index contributed by atoms with van der Waals surface area (Å²) < 4.78 is 6.45. The molecule has 178 valence electrons. The molecule has 1 aliphatic heterocycles. The lowest BCUT2D eigenvalue weighted by molar-refractivity contribution is -0.255. The van der Waals surface area contributed by atoms with E-state index in [1.165, 1.54) is 19.5 Å². The second kappa shape index (κ2) is 10.1. The summed E-state index contributed by atoms with van der Waals surface area (Å²) in [5, 5.41) is 15.0. The van der Waals surface area contributed by atoms with Crippen LogP contribution in [0.15, 0.2) is 17.2 Å². The molecule has 12 heteroatoms. The first-order valence-electron chi connectivity index (χ1n) is 10.7. The summed E-state index contributed by atoms with van der Waals surface area (Å²) in [5.41, 5.74) is -0.704. The predicted molar refractivity (Wildman–Crippen MR) is 124 cm³/mol. The quantitative estimate of drug-likeness (QED) is 0.423. The van der Waals surface area contributed by atoms with Crippen molar-refractivity contribution in [3.8, 4) is 0 Å². The molecule has 2 aromatic rings. The maximum Gasteiger partial charge on any atom is 0.328 e. The Morgan fingerprint density at radius 1 is 1.27 bits per heavy atom. The molecule has 11 nitrogen and oxygen atoms in total. The minimum atomic E-state index is -1.53. The molecule has 3 heterocycles. The lowest BCUT2D eigenvalue weighted by Crippen LogP contribution is -2.56. The Bertz CT molecular complexity index is 1130. The number of esters is 1. The molecular formula is C21H27N6O5S-. The number of aromatic carboxylic acids is 1. The van der Waals surface area contributed by atoms with E-state index in [0.717, 1.165) is 0 Å². The van der Waals surface area contributed by atoms with E-state index in [9.17, 15) is 19.5 Å². The Morgan fingerprint density at radius 2 is 1.94 bits per heavy atom. The van der Waals surface area contributed by atoms with Crippen LogP contribution in [0, 0.1) is 5.92 Å². The number of nitrogens with zero attached hydrogens (tertiary/aromatic N) is 5. The van der Waals surface area contributed by atoms with Gasteiger partial charge in [-0.05, 0) is 25.1 Å². The maximum atomic E-state index is 12.5. The number of carboxylic acids is 1. The van der Waals surface area contributed by atoms with Gasteiger partial charge >= 0.3 is 5.97 Å². The number of ether oxygens (including phenoxy) is 1. The summed E-state index contributed by atoms with van der Waals surface area (Å²) in [6.45, 7) is 8.41. The number of carboxylic acid groups (broad SMARTS) is 1. The smallest absolute Gasteiger partial charge is 0.328 e. The van der Waals surface area contributed by atoms with Crippen LogP contribution in [0.1, 0.15) is 31.1 Å². The number of hydrogen-bond donors (Lipinski definition) is 1. The Hall–Kier alpha value is -3.28. The number of aryl methyl sites for hydroxylation is 1. The Labute approximate surface area is 196 Å². The fraction of sp³-hybridized carbons (Fsp3) is 0.524. The number of pyridine rings is 1. The molecule has 0 spiro atoms.